The number of rotatable bonds is 14. The Labute approximate surface area is 194 Å². The molecule has 5 heteroatoms. The average molecular weight is 452 g/mol. The lowest BCUT2D eigenvalue weighted by Gasteiger charge is -2.34. The van der Waals surface area contributed by atoms with Crippen molar-refractivity contribution in [1.82, 2.24) is 4.90 Å². The van der Waals surface area contributed by atoms with Gasteiger partial charge in [0.2, 0.25) is 0 Å². The summed E-state index contributed by atoms with van der Waals surface area (Å²) in [6.07, 6.45) is 6.78. The molecule has 0 heterocycles. The molecule has 0 aromatic heterocycles. The molecule has 2 atom stereocenters. The zero-order valence-electron chi connectivity index (χ0n) is 21.6. The Morgan fingerprint density at radius 3 is 2.00 bits per heavy atom. The van der Waals surface area contributed by atoms with Crippen molar-refractivity contribution in [2.45, 2.75) is 99.5 Å². The summed E-state index contributed by atoms with van der Waals surface area (Å²) in [5.74, 6) is -3.10. The molecule has 2 unspecified atom stereocenters. The Kier molecular flexibility index (Phi) is 12.6. The Hall–Kier alpha value is -2.04. The predicted octanol–water partition coefficient (Wildman–Crippen LogP) is 7.45. The minimum Gasteiger partial charge on any atom is -0.367 e. The van der Waals surface area contributed by atoms with Gasteiger partial charge in [-0.05, 0) is 69.6 Å². The molecular formula is C27H43F2NO2. The number of allylic oxidation sites excluding steroid dienone is 6. The third-order valence-corrected chi connectivity index (χ3v) is 6.09. The van der Waals surface area contributed by atoms with Crippen LogP contribution in [-0.2, 0) is 9.59 Å². The first-order valence-corrected chi connectivity index (χ1v) is 11.7. The molecule has 0 spiro atoms. The van der Waals surface area contributed by atoms with Crippen LogP contribution in [0.1, 0.15) is 87.5 Å². The number of nitrogens with zero attached hydrogens (tertiary/aromatic N) is 1. The molecule has 0 aliphatic carbocycles. The largest absolute Gasteiger partial charge is 0.367 e. The number of carbonyl (C=O) groups is 2. The lowest BCUT2D eigenvalue weighted by atomic mass is 9.90. The molecule has 182 valence electrons. The minimum atomic E-state index is -3.00. The van der Waals surface area contributed by atoms with Crippen molar-refractivity contribution in [2.75, 3.05) is 7.05 Å². The van der Waals surface area contributed by atoms with E-state index < -0.39 is 12.0 Å². The van der Waals surface area contributed by atoms with Crippen LogP contribution in [0.4, 0.5) is 8.78 Å². The fourth-order valence-electron chi connectivity index (χ4n) is 3.75. The molecule has 0 aromatic rings. The SMILES string of the molecule is C=C(C)/C(=C\C=C(/C(C)CC)N(C)C(CC)C(=O)/C(CCCC)=C(/C)C(C)=O)C(C)(F)F. The van der Waals surface area contributed by atoms with Crippen LogP contribution in [0, 0.1) is 5.92 Å². The minimum absolute atomic E-state index is 0.0599. The van der Waals surface area contributed by atoms with Gasteiger partial charge in [-0.2, -0.15) is 0 Å². The molecule has 0 fully saturated rings. The van der Waals surface area contributed by atoms with Gasteiger partial charge in [-0.3, -0.25) is 9.59 Å². The summed E-state index contributed by atoms with van der Waals surface area (Å²) >= 11 is 0. The highest BCUT2D eigenvalue weighted by molar-refractivity contribution is 6.07. The molecule has 0 rings (SSSR count). The molecule has 0 N–H and O–H groups in total. The summed E-state index contributed by atoms with van der Waals surface area (Å²) in [6.45, 7) is 17.4. The zero-order valence-corrected chi connectivity index (χ0v) is 21.6. The fraction of sp³-hybridized carbons (Fsp3) is 0.630. The third-order valence-electron chi connectivity index (χ3n) is 6.09. The van der Waals surface area contributed by atoms with Gasteiger partial charge in [0, 0.05) is 30.8 Å². The molecule has 3 nitrogen and oxygen atoms in total. The van der Waals surface area contributed by atoms with Crippen LogP contribution < -0.4 is 0 Å². The number of hydrogen-bond acceptors (Lipinski definition) is 3. The van der Waals surface area contributed by atoms with Crippen LogP contribution in [0.5, 0.6) is 0 Å². The van der Waals surface area contributed by atoms with Gasteiger partial charge in [0.15, 0.2) is 11.6 Å². The van der Waals surface area contributed by atoms with Crippen molar-refractivity contribution in [1.29, 1.82) is 0 Å². The van der Waals surface area contributed by atoms with E-state index in [-0.39, 0.29) is 23.1 Å². The third kappa shape index (κ3) is 8.48. The first-order valence-electron chi connectivity index (χ1n) is 11.7. The Morgan fingerprint density at radius 1 is 1.06 bits per heavy atom. The smallest absolute Gasteiger partial charge is 0.270 e. The lowest BCUT2D eigenvalue weighted by Crippen LogP contribution is -2.40. The number of alkyl halides is 2. The van der Waals surface area contributed by atoms with E-state index in [1.165, 1.54) is 13.0 Å². The normalized spacial score (nSPS) is 15.7. The highest BCUT2D eigenvalue weighted by Crippen LogP contribution is 2.30. The molecular weight excluding hydrogens is 408 g/mol. The Morgan fingerprint density at radius 2 is 1.62 bits per heavy atom. The lowest BCUT2D eigenvalue weighted by molar-refractivity contribution is -0.121. The van der Waals surface area contributed by atoms with E-state index in [2.05, 4.69) is 6.58 Å². The van der Waals surface area contributed by atoms with Crippen LogP contribution in [0.3, 0.4) is 0 Å². The number of unbranched alkanes of at least 4 members (excludes halogenated alkanes) is 1. The van der Waals surface area contributed by atoms with E-state index in [0.29, 0.717) is 29.6 Å². The number of likely N-dealkylation sites (N-methyl/N-ethyl adjacent to an activating group) is 1. The van der Waals surface area contributed by atoms with Crippen molar-refractivity contribution >= 4 is 11.6 Å². The van der Waals surface area contributed by atoms with Gasteiger partial charge in [-0.15, -0.1) is 0 Å². The van der Waals surface area contributed by atoms with E-state index in [1.54, 1.807) is 19.9 Å². The number of Topliss-reactive ketones (excluding diaryl/α,β-unsaturated/α-hetero) is 2. The van der Waals surface area contributed by atoms with Gasteiger partial charge in [0.25, 0.3) is 5.92 Å². The van der Waals surface area contributed by atoms with E-state index in [9.17, 15) is 18.4 Å². The monoisotopic (exact) mass is 451 g/mol. The van der Waals surface area contributed by atoms with Crippen molar-refractivity contribution in [2.24, 2.45) is 5.92 Å². The number of halogens is 2. The van der Waals surface area contributed by atoms with Gasteiger partial charge >= 0.3 is 0 Å². The van der Waals surface area contributed by atoms with Crippen molar-refractivity contribution in [3.8, 4) is 0 Å². The summed E-state index contributed by atoms with van der Waals surface area (Å²) in [5, 5.41) is 0. The molecule has 0 aromatic carbocycles. The number of carbonyl (C=O) groups excluding carboxylic acids is 2. The van der Waals surface area contributed by atoms with Crippen molar-refractivity contribution in [3.63, 3.8) is 0 Å². The van der Waals surface area contributed by atoms with Crippen LogP contribution in [0.25, 0.3) is 0 Å². The standard InChI is InChI=1S/C27H43F2NO2/c1-11-14-15-22(20(7)21(8)31)26(32)24(13-3)30(10)25(19(6)12-2)17-16-23(18(4)5)27(9,28)29/h16-17,19,24H,4,11-15H2,1-3,5-10H3/b22-20-,23-16+,25-17+. The van der Waals surface area contributed by atoms with Gasteiger partial charge < -0.3 is 4.90 Å². The second kappa shape index (κ2) is 13.5. The summed E-state index contributed by atoms with van der Waals surface area (Å²) in [6, 6.07) is -0.472. The highest BCUT2D eigenvalue weighted by atomic mass is 19.3. The van der Waals surface area contributed by atoms with E-state index >= 15 is 0 Å². The maximum absolute atomic E-state index is 14.0. The van der Waals surface area contributed by atoms with Gasteiger partial charge in [-0.25, -0.2) is 8.78 Å². The molecule has 0 bridgehead atoms. The van der Waals surface area contributed by atoms with Crippen LogP contribution in [0.2, 0.25) is 0 Å². The van der Waals surface area contributed by atoms with Gasteiger partial charge in [-0.1, -0.05) is 46.8 Å². The Balaban J connectivity index is 6.45. The van der Waals surface area contributed by atoms with Crippen LogP contribution in [-0.4, -0.2) is 35.5 Å². The molecule has 0 saturated heterocycles. The zero-order chi connectivity index (χ0) is 25.2. The summed E-state index contributed by atoms with van der Waals surface area (Å²) < 4.78 is 28.1. The summed E-state index contributed by atoms with van der Waals surface area (Å²) in [5.41, 5.74) is 2.09. The van der Waals surface area contributed by atoms with Gasteiger partial charge in [0.1, 0.15) is 0 Å². The fourth-order valence-corrected chi connectivity index (χ4v) is 3.75. The second-order valence-corrected chi connectivity index (χ2v) is 8.81. The maximum atomic E-state index is 14.0. The molecule has 0 aliphatic rings. The molecule has 32 heavy (non-hydrogen) atoms. The van der Waals surface area contributed by atoms with Crippen molar-refractivity contribution < 1.29 is 18.4 Å². The average Bonchev–Trinajstić information content (AvgIpc) is 2.69. The molecule has 0 aliphatic heterocycles. The van der Waals surface area contributed by atoms with E-state index in [4.69, 9.17) is 0 Å². The maximum Gasteiger partial charge on any atom is 0.270 e. The number of ketones is 2. The van der Waals surface area contributed by atoms with Gasteiger partial charge in [0.05, 0.1) is 6.04 Å². The highest BCUT2D eigenvalue weighted by Gasteiger charge is 2.30. The van der Waals surface area contributed by atoms with Crippen LogP contribution >= 0.6 is 0 Å². The van der Waals surface area contributed by atoms with E-state index in [1.807, 2.05) is 39.6 Å². The summed E-state index contributed by atoms with van der Waals surface area (Å²) in [7, 11) is 1.84. The molecule has 0 amide bonds. The summed E-state index contributed by atoms with van der Waals surface area (Å²) in [4.78, 5) is 27.5. The predicted molar refractivity (Wildman–Crippen MR) is 131 cm³/mol. The molecule has 0 radical (unpaired) electrons. The van der Waals surface area contributed by atoms with Crippen LogP contribution in [0.15, 0.2) is 46.7 Å². The first-order chi connectivity index (χ1) is 14.7. The Bertz CT molecular complexity index is 769. The second-order valence-electron chi connectivity index (χ2n) is 8.81. The van der Waals surface area contributed by atoms with Crippen molar-refractivity contribution in [3.05, 3.63) is 46.7 Å². The number of hydrogen-bond donors (Lipinski definition) is 0. The topological polar surface area (TPSA) is 37.4 Å². The molecule has 0 saturated carbocycles. The first kappa shape index (κ1) is 30.0. The van der Waals surface area contributed by atoms with E-state index in [0.717, 1.165) is 31.9 Å². The quantitative estimate of drug-likeness (QED) is 0.203.